The predicted molar refractivity (Wildman–Crippen MR) is 74.1 cm³/mol. The van der Waals surface area contributed by atoms with Crippen LogP contribution in [0.25, 0.3) is 0 Å². The highest BCUT2D eigenvalue weighted by Crippen LogP contribution is 2.40. The molecule has 2 bridgehead atoms. The fourth-order valence-electron chi connectivity index (χ4n) is 3.58. The Morgan fingerprint density at radius 1 is 1.10 bits per heavy atom. The van der Waals surface area contributed by atoms with Gasteiger partial charge >= 0.3 is 11.9 Å². The number of carbonyl (C=O) groups is 2. The SMILES string of the molecule is CCOC(=O)CC1CCC2CC1CN2CC(=O)OCC. The summed E-state index contributed by atoms with van der Waals surface area (Å²) in [5, 5.41) is 0. The van der Waals surface area contributed by atoms with Crippen LogP contribution in [0.3, 0.4) is 0 Å². The van der Waals surface area contributed by atoms with Crippen LogP contribution in [0.15, 0.2) is 0 Å². The average Bonchev–Trinajstić information content (AvgIpc) is 2.71. The van der Waals surface area contributed by atoms with Crippen LogP contribution in [0.2, 0.25) is 0 Å². The van der Waals surface area contributed by atoms with Crippen LogP contribution in [0.5, 0.6) is 0 Å². The molecule has 20 heavy (non-hydrogen) atoms. The lowest BCUT2D eigenvalue weighted by Gasteiger charge is -2.27. The van der Waals surface area contributed by atoms with E-state index in [1.807, 2.05) is 13.8 Å². The van der Waals surface area contributed by atoms with Crippen molar-refractivity contribution < 1.29 is 19.1 Å². The first kappa shape index (κ1) is 15.3. The molecule has 114 valence electrons. The van der Waals surface area contributed by atoms with E-state index in [9.17, 15) is 9.59 Å². The Hall–Kier alpha value is -1.10. The van der Waals surface area contributed by atoms with Gasteiger partial charge in [0.1, 0.15) is 0 Å². The van der Waals surface area contributed by atoms with Crippen molar-refractivity contribution in [3.8, 4) is 0 Å². The highest BCUT2D eigenvalue weighted by molar-refractivity contribution is 5.71. The van der Waals surface area contributed by atoms with Gasteiger partial charge in [-0.05, 0) is 44.9 Å². The smallest absolute Gasteiger partial charge is 0.320 e. The minimum absolute atomic E-state index is 0.0835. The molecule has 2 rings (SSSR count). The first-order valence-electron chi connectivity index (χ1n) is 7.69. The van der Waals surface area contributed by atoms with Crippen LogP contribution >= 0.6 is 0 Å². The van der Waals surface area contributed by atoms with E-state index >= 15 is 0 Å². The summed E-state index contributed by atoms with van der Waals surface area (Å²) in [6, 6.07) is 0.489. The molecule has 0 aromatic carbocycles. The number of hydrogen-bond donors (Lipinski definition) is 0. The summed E-state index contributed by atoms with van der Waals surface area (Å²) >= 11 is 0. The number of likely N-dealkylation sites (tertiary alicyclic amines) is 1. The topological polar surface area (TPSA) is 55.8 Å². The number of ether oxygens (including phenoxy) is 2. The van der Waals surface area contributed by atoms with E-state index in [-0.39, 0.29) is 11.9 Å². The Morgan fingerprint density at radius 3 is 2.50 bits per heavy atom. The third-order valence-electron chi connectivity index (χ3n) is 4.47. The van der Waals surface area contributed by atoms with Crippen molar-refractivity contribution in [1.29, 1.82) is 0 Å². The molecule has 5 nitrogen and oxygen atoms in total. The number of hydrogen-bond acceptors (Lipinski definition) is 5. The molecule has 5 heteroatoms. The molecule has 0 aromatic rings. The molecular formula is C15H25NO4. The molecule has 0 N–H and O–H groups in total. The number of nitrogens with zero attached hydrogens (tertiary/aromatic N) is 1. The second-order valence-corrected chi connectivity index (χ2v) is 5.73. The van der Waals surface area contributed by atoms with Crippen LogP contribution in [0, 0.1) is 11.8 Å². The van der Waals surface area contributed by atoms with Gasteiger partial charge in [-0.2, -0.15) is 0 Å². The maximum absolute atomic E-state index is 11.6. The predicted octanol–water partition coefficient (Wildman–Crippen LogP) is 1.60. The van der Waals surface area contributed by atoms with Gasteiger partial charge in [-0.1, -0.05) is 0 Å². The van der Waals surface area contributed by atoms with Gasteiger partial charge in [0.2, 0.25) is 0 Å². The number of fused-ring (bicyclic) bond motifs is 2. The number of carbonyl (C=O) groups excluding carboxylic acids is 2. The maximum atomic E-state index is 11.6. The minimum atomic E-state index is -0.137. The standard InChI is InChI=1S/C15H25NO4/c1-3-19-14(17)8-11-5-6-13-7-12(11)9-16(13)10-15(18)20-4-2/h11-13H,3-10H2,1-2H3. The molecule has 1 saturated carbocycles. The average molecular weight is 283 g/mol. The zero-order valence-corrected chi connectivity index (χ0v) is 12.5. The lowest BCUT2D eigenvalue weighted by atomic mass is 9.78. The van der Waals surface area contributed by atoms with Crippen LogP contribution in [-0.4, -0.2) is 49.2 Å². The zero-order chi connectivity index (χ0) is 14.5. The molecule has 3 unspecified atom stereocenters. The van der Waals surface area contributed by atoms with Crippen LogP contribution in [0.1, 0.15) is 39.5 Å². The lowest BCUT2D eigenvalue weighted by molar-refractivity contribution is -0.145. The van der Waals surface area contributed by atoms with E-state index < -0.39 is 0 Å². The molecule has 0 aromatic heterocycles. The third kappa shape index (κ3) is 3.72. The third-order valence-corrected chi connectivity index (χ3v) is 4.47. The number of rotatable bonds is 6. The van der Waals surface area contributed by atoms with Crippen molar-refractivity contribution in [1.82, 2.24) is 4.90 Å². The largest absolute Gasteiger partial charge is 0.466 e. The molecule has 2 aliphatic rings. The van der Waals surface area contributed by atoms with E-state index in [0.717, 1.165) is 25.8 Å². The lowest BCUT2D eigenvalue weighted by Crippen LogP contribution is -2.34. The molecule has 1 heterocycles. The molecule has 0 radical (unpaired) electrons. The van der Waals surface area contributed by atoms with Crippen LogP contribution < -0.4 is 0 Å². The van der Waals surface area contributed by atoms with Gasteiger partial charge in [0.15, 0.2) is 0 Å². The fraction of sp³-hybridized carbons (Fsp3) is 0.867. The number of esters is 2. The van der Waals surface area contributed by atoms with E-state index in [2.05, 4.69) is 4.90 Å². The zero-order valence-electron chi connectivity index (χ0n) is 12.5. The monoisotopic (exact) mass is 283 g/mol. The molecule has 1 aliphatic carbocycles. The molecule has 0 spiro atoms. The Labute approximate surface area is 120 Å². The highest BCUT2D eigenvalue weighted by Gasteiger charge is 2.41. The summed E-state index contributed by atoms with van der Waals surface area (Å²) < 4.78 is 10.1. The van der Waals surface area contributed by atoms with Crippen molar-refractivity contribution >= 4 is 11.9 Å². The Bertz CT molecular complexity index is 340. The molecule has 3 atom stereocenters. The highest BCUT2D eigenvalue weighted by atomic mass is 16.5. The van der Waals surface area contributed by atoms with Gasteiger partial charge in [0, 0.05) is 19.0 Å². The van der Waals surface area contributed by atoms with Crippen molar-refractivity contribution in [2.24, 2.45) is 11.8 Å². The summed E-state index contributed by atoms with van der Waals surface area (Å²) in [4.78, 5) is 25.4. The normalized spacial score (nSPS) is 29.2. The Balaban J connectivity index is 1.84. The van der Waals surface area contributed by atoms with Gasteiger partial charge in [-0.3, -0.25) is 14.5 Å². The van der Waals surface area contributed by atoms with Crippen LogP contribution in [-0.2, 0) is 19.1 Å². The summed E-state index contributed by atoms with van der Waals surface area (Å²) in [5.74, 6) is 0.715. The molecule has 1 saturated heterocycles. The minimum Gasteiger partial charge on any atom is -0.466 e. The first-order valence-corrected chi connectivity index (χ1v) is 7.69. The molecule has 2 fully saturated rings. The summed E-state index contributed by atoms with van der Waals surface area (Å²) in [6.07, 6.45) is 3.76. The quantitative estimate of drug-likeness (QED) is 0.693. The van der Waals surface area contributed by atoms with Gasteiger partial charge in [-0.25, -0.2) is 0 Å². The van der Waals surface area contributed by atoms with E-state index in [1.165, 1.54) is 0 Å². The van der Waals surface area contributed by atoms with Gasteiger partial charge in [0.05, 0.1) is 19.8 Å². The van der Waals surface area contributed by atoms with E-state index in [1.54, 1.807) is 0 Å². The molecular weight excluding hydrogens is 258 g/mol. The Morgan fingerprint density at radius 2 is 1.80 bits per heavy atom. The second-order valence-electron chi connectivity index (χ2n) is 5.73. The fourth-order valence-corrected chi connectivity index (χ4v) is 3.58. The van der Waals surface area contributed by atoms with Crippen LogP contribution in [0.4, 0.5) is 0 Å². The maximum Gasteiger partial charge on any atom is 0.320 e. The summed E-state index contributed by atoms with van der Waals surface area (Å²) in [5.41, 5.74) is 0. The molecule has 0 amide bonds. The van der Waals surface area contributed by atoms with Crippen molar-refractivity contribution in [3.05, 3.63) is 0 Å². The van der Waals surface area contributed by atoms with Gasteiger partial charge < -0.3 is 9.47 Å². The van der Waals surface area contributed by atoms with Crippen molar-refractivity contribution in [2.45, 2.75) is 45.6 Å². The van der Waals surface area contributed by atoms with Gasteiger partial charge in [0.25, 0.3) is 0 Å². The Kier molecular flexibility index (Phi) is 5.40. The van der Waals surface area contributed by atoms with Crippen molar-refractivity contribution in [3.63, 3.8) is 0 Å². The van der Waals surface area contributed by atoms with E-state index in [0.29, 0.717) is 44.1 Å². The summed E-state index contributed by atoms with van der Waals surface area (Å²) in [6.45, 7) is 5.86. The molecule has 1 aliphatic heterocycles. The van der Waals surface area contributed by atoms with Crippen molar-refractivity contribution in [2.75, 3.05) is 26.3 Å². The van der Waals surface area contributed by atoms with E-state index in [4.69, 9.17) is 9.47 Å². The second kappa shape index (κ2) is 7.07. The summed E-state index contributed by atoms with van der Waals surface area (Å²) in [7, 11) is 0. The van der Waals surface area contributed by atoms with Gasteiger partial charge in [-0.15, -0.1) is 0 Å². The first-order chi connectivity index (χ1) is 9.63.